The third-order valence-corrected chi connectivity index (χ3v) is 3.05. The minimum Gasteiger partial charge on any atom is -0.381 e. The van der Waals surface area contributed by atoms with E-state index >= 15 is 0 Å². The predicted octanol–water partition coefficient (Wildman–Crippen LogP) is -0.368. The molecule has 1 aliphatic rings. The number of aromatic nitrogens is 3. The van der Waals surface area contributed by atoms with Gasteiger partial charge in [0.1, 0.15) is 11.9 Å². The van der Waals surface area contributed by atoms with E-state index in [-0.39, 0.29) is 5.92 Å². The van der Waals surface area contributed by atoms with Gasteiger partial charge in [-0.15, -0.1) is 0 Å². The van der Waals surface area contributed by atoms with Gasteiger partial charge < -0.3 is 10.4 Å². The van der Waals surface area contributed by atoms with Crippen molar-refractivity contribution in [2.24, 2.45) is 13.0 Å². The van der Waals surface area contributed by atoms with Gasteiger partial charge in [0.05, 0.1) is 0 Å². The molecule has 14 heavy (non-hydrogen) atoms. The third-order valence-electron chi connectivity index (χ3n) is 3.05. The first-order chi connectivity index (χ1) is 6.64. The summed E-state index contributed by atoms with van der Waals surface area (Å²) in [6.07, 6.45) is 2.18. The van der Waals surface area contributed by atoms with Crippen molar-refractivity contribution in [1.82, 2.24) is 20.1 Å². The summed E-state index contributed by atoms with van der Waals surface area (Å²) in [6, 6.07) is 0. The molecule has 1 aromatic heterocycles. The molecule has 2 rings (SSSR count). The van der Waals surface area contributed by atoms with Crippen molar-refractivity contribution in [2.75, 3.05) is 13.1 Å². The zero-order valence-corrected chi connectivity index (χ0v) is 8.56. The summed E-state index contributed by atoms with van der Waals surface area (Å²) in [5.74, 6) is 0.839. The van der Waals surface area contributed by atoms with Crippen LogP contribution >= 0.6 is 0 Å². The van der Waals surface area contributed by atoms with Gasteiger partial charge in [-0.1, -0.05) is 6.92 Å². The topological polar surface area (TPSA) is 63.0 Å². The highest BCUT2D eigenvalue weighted by atomic mass is 16.3. The van der Waals surface area contributed by atoms with Crippen molar-refractivity contribution >= 4 is 0 Å². The fraction of sp³-hybridized carbons (Fsp3) is 0.778. The van der Waals surface area contributed by atoms with Gasteiger partial charge in [-0.3, -0.25) is 4.68 Å². The number of hydrogen-bond acceptors (Lipinski definition) is 4. The number of nitrogens with zero attached hydrogens (tertiary/aromatic N) is 3. The lowest BCUT2D eigenvalue weighted by molar-refractivity contribution is -0.0495. The Morgan fingerprint density at radius 3 is 3.07 bits per heavy atom. The SMILES string of the molecule is CC1CNCCC1(O)c1ncnn1C. The first kappa shape index (κ1) is 9.61. The second-order valence-corrected chi connectivity index (χ2v) is 3.99. The van der Waals surface area contributed by atoms with Crippen molar-refractivity contribution in [3.8, 4) is 0 Å². The number of piperidine rings is 1. The van der Waals surface area contributed by atoms with Crippen LogP contribution in [0.4, 0.5) is 0 Å². The molecular formula is C9H16N4O. The molecule has 0 radical (unpaired) electrons. The maximum Gasteiger partial charge on any atom is 0.158 e. The van der Waals surface area contributed by atoms with Crippen LogP contribution in [-0.2, 0) is 12.6 Å². The van der Waals surface area contributed by atoms with Crippen LogP contribution in [0.25, 0.3) is 0 Å². The molecule has 5 nitrogen and oxygen atoms in total. The van der Waals surface area contributed by atoms with Gasteiger partial charge >= 0.3 is 0 Å². The van der Waals surface area contributed by atoms with Gasteiger partial charge in [-0.2, -0.15) is 5.10 Å². The number of rotatable bonds is 1. The Morgan fingerprint density at radius 2 is 2.50 bits per heavy atom. The Bertz CT molecular complexity index is 324. The molecule has 0 amide bonds. The average Bonchev–Trinajstić information content (AvgIpc) is 2.57. The van der Waals surface area contributed by atoms with Gasteiger partial charge in [0.15, 0.2) is 5.82 Å². The van der Waals surface area contributed by atoms with E-state index in [4.69, 9.17) is 0 Å². The molecule has 1 aliphatic heterocycles. The molecule has 2 atom stereocenters. The summed E-state index contributed by atoms with van der Waals surface area (Å²) in [6.45, 7) is 3.68. The van der Waals surface area contributed by atoms with E-state index in [0.717, 1.165) is 13.1 Å². The molecule has 0 saturated carbocycles. The highest BCUT2D eigenvalue weighted by Gasteiger charge is 2.41. The summed E-state index contributed by atoms with van der Waals surface area (Å²) >= 11 is 0. The Morgan fingerprint density at radius 1 is 1.71 bits per heavy atom. The van der Waals surface area contributed by atoms with E-state index < -0.39 is 5.60 Å². The first-order valence-corrected chi connectivity index (χ1v) is 4.92. The zero-order valence-electron chi connectivity index (χ0n) is 8.56. The van der Waals surface area contributed by atoms with E-state index in [0.29, 0.717) is 12.2 Å². The van der Waals surface area contributed by atoms with Crippen molar-refractivity contribution in [2.45, 2.75) is 18.9 Å². The summed E-state index contributed by atoms with van der Waals surface area (Å²) in [4.78, 5) is 4.14. The smallest absolute Gasteiger partial charge is 0.158 e. The molecule has 1 saturated heterocycles. The van der Waals surface area contributed by atoms with E-state index in [1.807, 2.05) is 14.0 Å². The third kappa shape index (κ3) is 1.33. The normalized spacial score (nSPS) is 33.2. The van der Waals surface area contributed by atoms with Crippen molar-refractivity contribution in [1.29, 1.82) is 0 Å². The molecule has 2 heterocycles. The Balaban J connectivity index is 2.34. The minimum atomic E-state index is -0.823. The molecular weight excluding hydrogens is 180 g/mol. The molecule has 1 aromatic rings. The second-order valence-electron chi connectivity index (χ2n) is 3.99. The number of nitrogens with one attached hydrogen (secondary N) is 1. The molecule has 0 bridgehead atoms. The molecule has 5 heteroatoms. The van der Waals surface area contributed by atoms with Gasteiger partial charge in [0.2, 0.25) is 0 Å². The minimum absolute atomic E-state index is 0.166. The van der Waals surface area contributed by atoms with E-state index in [1.165, 1.54) is 6.33 Å². The van der Waals surface area contributed by atoms with Crippen LogP contribution in [0.15, 0.2) is 6.33 Å². The van der Waals surface area contributed by atoms with Crippen molar-refractivity contribution < 1.29 is 5.11 Å². The summed E-state index contributed by atoms with van der Waals surface area (Å²) < 4.78 is 1.65. The van der Waals surface area contributed by atoms with E-state index in [9.17, 15) is 5.11 Å². The molecule has 2 N–H and O–H groups in total. The Labute approximate surface area is 83.2 Å². The highest BCUT2D eigenvalue weighted by molar-refractivity contribution is 5.05. The Kier molecular flexibility index (Phi) is 2.28. The second kappa shape index (κ2) is 3.33. The van der Waals surface area contributed by atoms with Gasteiger partial charge in [0, 0.05) is 19.5 Å². The number of aryl methyl sites for hydroxylation is 1. The lowest BCUT2D eigenvalue weighted by atomic mass is 9.82. The first-order valence-electron chi connectivity index (χ1n) is 4.92. The molecule has 1 fully saturated rings. The zero-order chi connectivity index (χ0) is 10.2. The lowest BCUT2D eigenvalue weighted by Gasteiger charge is -2.37. The van der Waals surface area contributed by atoms with Crippen molar-refractivity contribution in [3.05, 3.63) is 12.2 Å². The van der Waals surface area contributed by atoms with Gasteiger partial charge in [0.25, 0.3) is 0 Å². The monoisotopic (exact) mass is 196 g/mol. The van der Waals surface area contributed by atoms with E-state index in [1.54, 1.807) is 4.68 Å². The fourth-order valence-corrected chi connectivity index (χ4v) is 2.03. The number of aliphatic hydroxyl groups is 1. The lowest BCUT2D eigenvalue weighted by Crippen LogP contribution is -2.48. The number of hydrogen-bond donors (Lipinski definition) is 2. The summed E-state index contributed by atoms with van der Waals surface area (Å²) in [5.41, 5.74) is -0.823. The maximum absolute atomic E-state index is 10.5. The van der Waals surface area contributed by atoms with Crippen LogP contribution in [-0.4, -0.2) is 33.0 Å². The van der Waals surface area contributed by atoms with Crippen LogP contribution in [0.3, 0.4) is 0 Å². The maximum atomic E-state index is 10.5. The van der Waals surface area contributed by atoms with Crippen LogP contribution in [0, 0.1) is 5.92 Å². The van der Waals surface area contributed by atoms with Gasteiger partial charge in [-0.05, 0) is 13.0 Å². The molecule has 0 spiro atoms. The van der Waals surface area contributed by atoms with Crippen molar-refractivity contribution in [3.63, 3.8) is 0 Å². The fourth-order valence-electron chi connectivity index (χ4n) is 2.03. The highest BCUT2D eigenvalue weighted by Crippen LogP contribution is 2.32. The van der Waals surface area contributed by atoms with Crippen LogP contribution in [0.1, 0.15) is 19.2 Å². The standard InChI is InChI=1S/C9H16N4O/c1-7-5-10-4-3-9(7,14)8-11-6-12-13(8)2/h6-7,10,14H,3-5H2,1-2H3. The molecule has 78 valence electrons. The molecule has 2 unspecified atom stereocenters. The quantitative estimate of drug-likeness (QED) is 0.643. The summed E-state index contributed by atoms with van der Waals surface area (Å²) in [7, 11) is 1.81. The van der Waals surface area contributed by atoms with Crippen LogP contribution in [0.2, 0.25) is 0 Å². The average molecular weight is 196 g/mol. The molecule has 0 aliphatic carbocycles. The molecule has 0 aromatic carbocycles. The predicted molar refractivity (Wildman–Crippen MR) is 51.6 cm³/mol. The Hall–Kier alpha value is -0.940. The van der Waals surface area contributed by atoms with Crippen LogP contribution in [0.5, 0.6) is 0 Å². The largest absolute Gasteiger partial charge is 0.381 e. The van der Waals surface area contributed by atoms with Gasteiger partial charge in [-0.25, -0.2) is 4.98 Å². The summed E-state index contributed by atoms with van der Waals surface area (Å²) in [5, 5.41) is 17.8. The van der Waals surface area contributed by atoms with E-state index in [2.05, 4.69) is 15.4 Å². The van der Waals surface area contributed by atoms with Crippen LogP contribution < -0.4 is 5.32 Å².